The van der Waals surface area contributed by atoms with Crippen molar-refractivity contribution >= 4 is 23.2 Å². The van der Waals surface area contributed by atoms with Crippen LogP contribution in [0.4, 0.5) is 54.0 Å². The summed E-state index contributed by atoms with van der Waals surface area (Å²) in [5.41, 5.74) is -6.24. The Kier molecular flexibility index (Phi) is 5.39. The Hall–Kier alpha value is -1.99. The van der Waals surface area contributed by atoms with Crippen LogP contribution < -0.4 is 4.90 Å². The van der Waals surface area contributed by atoms with Crippen LogP contribution in [0.15, 0.2) is 24.3 Å². The summed E-state index contributed by atoms with van der Waals surface area (Å²) in [5, 5.41) is 0.260. The number of piperazine rings is 1. The molecule has 0 N–H and O–H groups in total. The number of benzene rings is 1. The lowest BCUT2D eigenvalue weighted by Crippen LogP contribution is -2.86. The van der Waals surface area contributed by atoms with Gasteiger partial charge in [-0.05, 0) is 18.2 Å². The maximum Gasteiger partial charge on any atom is 0.384 e. The molecule has 1 aliphatic heterocycles. The average Bonchev–Trinajstić information content (AvgIpc) is 2.71. The third-order valence-corrected chi connectivity index (χ3v) is 5.71. The van der Waals surface area contributed by atoms with Crippen molar-refractivity contribution in [3.63, 3.8) is 0 Å². The molecule has 0 atom stereocenters. The first-order chi connectivity index (χ1) is 14.4. The van der Waals surface area contributed by atoms with Crippen LogP contribution in [0.3, 0.4) is 0 Å². The van der Waals surface area contributed by atoms with Gasteiger partial charge in [0, 0.05) is 36.9 Å². The summed E-state index contributed by atoms with van der Waals surface area (Å²) in [7, 11) is 0. The number of hydrogen-bond acceptors (Lipinski definition) is 2. The summed E-state index contributed by atoms with van der Waals surface area (Å²) in [5.74, 6) is -39.5. The van der Waals surface area contributed by atoms with Crippen molar-refractivity contribution in [1.29, 1.82) is 0 Å². The lowest BCUT2D eigenvalue weighted by molar-refractivity contribution is -0.477. The second-order valence-corrected chi connectivity index (χ2v) is 7.73. The highest BCUT2D eigenvalue weighted by atomic mass is 35.5. The molecule has 0 unspecified atom stereocenters. The van der Waals surface area contributed by atoms with Gasteiger partial charge in [0.25, 0.3) is 5.91 Å². The molecule has 0 bridgehead atoms. The van der Waals surface area contributed by atoms with E-state index in [1.165, 1.54) is 29.2 Å². The zero-order valence-corrected chi connectivity index (χ0v) is 16.2. The number of alkyl halides is 11. The number of halogens is 12. The van der Waals surface area contributed by atoms with Gasteiger partial charge in [0.2, 0.25) is 0 Å². The maximum atomic E-state index is 14.9. The number of rotatable bonds is 2. The molecule has 1 aromatic rings. The van der Waals surface area contributed by atoms with E-state index in [4.69, 9.17) is 11.6 Å². The predicted molar refractivity (Wildman–Crippen MR) is 88.8 cm³/mol. The minimum absolute atomic E-state index is 0.113. The van der Waals surface area contributed by atoms with Crippen molar-refractivity contribution < 1.29 is 53.1 Å². The molecule has 0 aromatic heterocycles. The molecule has 1 amide bonds. The predicted octanol–water partition coefficient (Wildman–Crippen LogP) is 4.89. The third kappa shape index (κ3) is 2.76. The van der Waals surface area contributed by atoms with Gasteiger partial charge < -0.3 is 9.80 Å². The van der Waals surface area contributed by atoms with Gasteiger partial charge >= 0.3 is 35.3 Å². The lowest BCUT2D eigenvalue weighted by atomic mass is 9.71. The fourth-order valence-corrected chi connectivity index (χ4v) is 3.73. The van der Waals surface area contributed by atoms with Gasteiger partial charge in [-0.3, -0.25) is 4.79 Å². The van der Waals surface area contributed by atoms with E-state index >= 15 is 0 Å². The highest BCUT2D eigenvalue weighted by Crippen LogP contribution is 2.69. The van der Waals surface area contributed by atoms with Crippen LogP contribution in [0.5, 0.6) is 0 Å². The molecule has 1 aliphatic carbocycles. The smallest absolute Gasteiger partial charge is 0.368 e. The number of amides is 1. The summed E-state index contributed by atoms with van der Waals surface area (Å²) in [6.45, 7) is -2.36. The van der Waals surface area contributed by atoms with E-state index in [1.807, 2.05) is 0 Å². The average molecular weight is 505 g/mol. The molecule has 0 radical (unpaired) electrons. The molecule has 180 valence electrons. The summed E-state index contributed by atoms with van der Waals surface area (Å²) in [6.07, 6.45) is 0. The van der Waals surface area contributed by atoms with Crippen LogP contribution in [-0.2, 0) is 4.79 Å². The first-order valence-electron chi connectivity index (χ1n) is 8.76. The lowest BCUT2D eigenvalue weighted by Gasteiger charge is -2.52. The van der Waals surface area contributed by atoms with Gasteiger partial charge in [-0.1, -0.05) is 17.7 Å². The molecule has 1 aromatic carbocycles. The van der Waals surface area contributed by atoms with Crippen LogP contribution in [0, 0.1) is 0 Å². The van der Waals surface area contributed by atoms with Gasteiger partial charge in [-0.2, -0.15) is 43.9 Å². The zero-order chi connectivity index (χ0) is 24.5. The van der Waals surface area contributed by atoms with Crippen molar-refractivity contribution in [2.45, 2.75) is 35.3 Å². The highest BCUT2D eigenvalue weighted by Gasteiger charge is 3.03. The van der Waals surface area contributed by atoms with Gasteiger partial charge in [-0.25, -0.2) is 4.39 Å². The monoisotopic (exact) mass is 504 g/mol. The SMILES string of the molecule is O=C(N1CCN(c2cccc(Cl)c2)CC1)C1(F)C(F)(F)C(F)(F)C(F)(F)C(F)(F)C1(F)F. The van der Waals surface area contributed by atoms with Crippen LogP contribution in [0.1, 0.15) is 0 Å². The van der Waals surface area contributed by atoms with E-state index in [0.29, 0.717) is 5.69 Å². The van der Waals surface area contributed by atoms with Gasteiger partial charge in [0.15, 0.2) is 0 Å². The van der Waals surface area contributed by atoms with E-state index in [9.17, 15) is 53.1 Å². The molecular weight excluding hydrogens is 493 g/mol. The van der Waals surface area contributed by atoms with Gasteiger partial charge in [0.1, 0.15) is 0 Å². The van der Waals surface area contributed by atoms with E-state index in [0.717, 1.165) is 0 Å². The fraction of sp³-hybridized carbons (Fsp3) is 0.588. The van der Waals surface area contributed by atoms with Crippen molar-refractivity contribution in [3.05, 3.63) is 29.3 Å². The van der Waals surface area contributed by atoms with Crippen molar-refractivity contribution in [2.75, 3.05) is 31.1 Å². The second kappa shape index (κ2) is 7.00. The van der Waals surface area contributed by atoms with Crippen LogP contribution in [-0.4, -0.2) is 72.3 Å². The summed E-state index contributed by atoms with van der Waals surface area (Å²) in [4.78, 5) is 13.5. The Morgan fingerprint density at radius 1 is 0.719 bits per heavy atom. The van der Waals surface area contributed by atoms with E-state index in [-0.39, 0.29) is 23.0 Å². The van der Waals surface area contributed by atoms with Crippen LogP contribution >= 0.6 is 11.6 Å². The Morgan fingerprint density at radius 2 is 1.16 bits per heavy atom. The van der Waals surface area contributed by atoms with E-state index in [1.54, 1.807) is 0 Å². The Morgan fingerprint density at radius 3 is 1.59 bits per heavy atom. The number of anilines is 1. The topological polar surface area (TPSA) is 23.6 Å². The standard InChI is InChI=1S/C17H12ClF11N2O/c18-9-2-1-3-10(8-9)30-4-6-31(7-5-30)11(32)12(19)13(20,21)15(24,25)17(28,29)16(26,27)14(12,22)23/h1-3,8H,4-7H2. The van der Waals surface area contributed by atoms with Crippen molar-refractivity contribution in [3.8, 4) is 0 Å². The molecule has 15 heteroatoms. The Bertz CT molecular complexity index is 886. The zero-order valence-electron chi connectivity index (χ0n) is 15.5. The molecule has 1 heterocycles. The van der Waals surface area contributed by atoms with Crippen LogP contribution in [0.25, 0.3) is 0 Å². The Labute approximate surface area is 177 Å². The van der Waals surface area contributed by atoms with Crippen molar-refractivity contribution in [1.82, 2.24) is 4.90 Å². The molecule has 32 heavy (non-hydrogen) atoms. The first-order valence-corrected chi connectivity index (χ1v) is 9.13. The Balaban J connectivity index is 1.96. The number of carbonyl (C=O) groups is 1. The molecule has 2 aliphatic rings. The minimum atomic E-state index is -7.35. The molecule has 3 rings (SSSR count). The number of carbonyl (C=O) groups excluding carboxylic acids is 1. The minimum Gasteiger partial charge on any atom is -0.368 e. The van der Waals surface area contributed by atoms with E-state index < -0.39 is 54.3 Å². The molecule has 2 fully saturated rings. The van der Waals surface area contributed by atoms with E-state index in [2.05, 4.69) is 0 Å². The molecule has 3 nitrogen and oxygen atoms in total. The van der Waals surface area contributed by atoms with Gasteiger partial charge in [0.05, 0.1) is 0 Å². The molecular formula is C17H12ClF11N2O. The molecule has 1 saturated heterocycles. The van der Waals surface area contributed by atoms with Crippen molar-refractivity contribution in [2.24, 2.45) is 0 Å². The van der Waals surface area contributed by atoms with Gasteiger partial charge in [-0.15, -0.1) is 0 Å². The van der Waals surface area contributed by atoms with Crippen LogP contribution in [0.2, 0.25) is 5.02 Å². The second-order valence-electron chi connectivity index (χ2n) is 7.29. The summed E-state index contributed by atoms with van der Waals surface area (Å²) >= 11 is 5.79. The third-order valence-electron chi connectivity index (χ3n) is 5.48. The summed E-state index contributed by atoms with van der Waals surface area (Å²) < 4.78 is 152. The maximum absolute atomic E-state index is 14.9. The first kappa shape index (κ1) is 24.6. The molecule has 1 saturated carbocycles. The number of nitrogens with zero attached hydrogens (tertiary/aromatic N) is 2. The molecule has 0 spiro atoms. The number of hydrogen-bond donors (Lipinski definition) is 0. The quantitative estimate of drug-likeness (QED) is 0.536. The summed E-state index contributed by atoms with van der Waals surface area (Å²) in [6, 6.07) is 5.91. The highest BCUT2D eigenvalue weighted by molar-refractivity contribution is 6.30. The normalized spacial score (nSPS) is 27.1. The fourth-order valence-electron chi connectivity index (χ4n) is 3.55. The largest absolute Gasteiger partial charge is 0.384 e.